The van der Waals surface area contributed by atoms with E-state index in [1.54, 1.807) is 0 Å². The van der Waals surface area contributed by atoms with Crippen LogP contribution in [0.25, 0.3) is 0 Å². The van der Waals surface area contributed by atoms with Crippen molar-refractivity contribution in [2.45, 2.75) is 39.7 Å². The van der Waals surface area contributed by atoms with Crippen LogP contribution < -0.4 is 5.32 Å². The lowest BCUT2D eigenvalue weighted by Crippen LogP contribution is -2.45. The smallest absolute Gasteiger partial charge is 0.0220 e. The van der Waals surface area contributed by atoms with Crippen LogP contribution in [0.3, 0.4) is 0 Å². The van der Waals surface area contributed by atoms with Crippen molar-refractivity contribution in [3.8, 4) is 0 Å². The maximum Gasteiger partial charge on any atom is 0.0220 e. The number of nitrogens with zero attached hydrogens (tertiary/aromatic N) is 2. The first-order valence-electron chi connectivity index (χ1n) is 7.31. The molecule has 1 aliphatic heterocycles. The molecule has 17 heavy (non-hydrogen) atoms. The van der Waals surface area contributed by atoms with E-state index in [0.29, 0.717) is 6.04 Å². The molecule has 102 valence electrons. The number of nitrogens with one attached hydrogen (secondary N) is 1. The highest BCUT2D eigenvalue weighted by Crippen LogP contribution is 2.11. The Hall–Kier alpha value is -0.120. The fourth-order valence-electron chi connectivity index (χ4n) is 2.55. The molecule has 0 saturated carbocycles. The van der Waals surface area contributed by atoms with Gasteiger partial charge in [-0.25, -0.2) is 0 Å². The third kappa shape index (κ3) is 5.36. The summed E-state index contributed by atoms with van der Waals surface area (Å²) in [5.74, 6) is 0.774. The number of hydrogen-bond acceptors (Lipinski definition) is 3. The van der Waals surface area contributed by atoms with E-state index in [9.17, 15) is 0 Å². The van der Waals surface area contributed by atoms with Gasteiger partial charge in [-0.15, -0.1) is 0 Å². The quantitative estimate of drug-likeness (QED) is 0.763. The molecule has 3 heteroatoms. The van der Waals surface area contributed by atoms with Crippen molar-refractivity contribution in [3.63, 3.8) is 0 Å². The zero-order valence-electron chi connectivity index (χ0n) is 12.2. The van der Waals surface area contributed by atoms with Crippen LogP contribution in [-0.4, -0.2) is 62.2 Å². The first-order chi connectivity index (χ1) is 8.17. The molecule has 1 saturated heterocycles. The van der Waals surface area contributed by atoms with Crippen LogP contribution in [0, 0.1) is 5.92 Å². The predicted octanol–water partition coefficient (Wildman–Crippen LogP) is 1.65. The van der Waals surface area contributed by atoms with E-state index in [2.05, 4.69) is 42.9 Å². The third-order valence-corrected chi connectivity index (χ3v) is 4.06. The normalized spacial score (nSPS) is 23.3. The van der Waals surface area contributed by atoms with E-state index in [1.165, 1.54) is 45.6 Å². The van der Waals surface area contributed by atoms with Crippen molar-refractivity contribution < 1.29 is 0 Å². The van der Waals surface area contributed by atoms with Crippen LogP contribution in [-0.2, 0) is 0 Å². The van der Waals surface area contributed by atoms with Crippen LogP contribution in [0.2, 0.25) is 0 Å². The lowest BCUT2D eigenvalue weighted by atomic mass is 9.98. The van der Waals surface area contributed by atoms with E-state index in [1.807, 2.05) is 0 Å². The Morgan fingerprint density at radius 1 is 1.12 bits per heavy atom. The largest absolute Gasteiger partial charge is 0.313 e. The molecular formula is C14H31N3. The van der Waals surface area contributed by atoms with Crippen molar-refractivity contribution >= 4 is 0 Å². The molecule has 1 rings (SSSR count). The lowest BCUT2D eigenvalue weighted by Gasteiger charge is -2.30. The highest BCUT2D eigenvalue weighted by molar-refractivity contribution is 4.78. The molecule has 2 atom stereocenters. The van der Waals surface area contributed by atoms with E-state index < -0.39 is 0 Å². The molecular weight excluding hydrogens is 210 g/mol. The number of likely N-dealkylation sites (N-methyl/N-ethyl adjacent to an activating group) is 2. The second kappa shape index (κ2) is 8.06. The lowest BCUT2D eigenvalue weighted by molar-refractivity contribution is 0.216. The van der Waals surface area contributed by atoms with Crippen LogP contribution in [0.1, 0.15) is 33.6 Å². The zero-order chi connectivity index (χ0) is 12.7. The molecule has 1 fully saturated rings. The summed E-state index contributed by atoms with van der Waals surface area (Å²) in [6.07, 6.45) is 2.58. The molecule has 0 bridgehead atoms. The minimum absolute atomic E-state index is 0.661. The Balaban J connectivity index is 2.42. The molecule has 0 radical (unpaired) electrons. The van der Waals surface area contributed by atoms with Gasteiger partial charge in [0.2, 0.25) is 0 Å². The Labute approximate surface area is 108 Å². The molecule has 0 spiro atoms. The third-order valence-electron chi connectivity index (χ3n) is 4.06. The van der Waals surface area contributed by atoms with Gasteiger partial charge in [0.15, 0.2) is 0 Å². The first-order valence-corrected chi connectivity index (χ1v) is 7.31. The van der Waals surface area contributed by atoms with E-state index >= 15 is 0 Å². The van der Waals surface area contributed by atoms with Gasteiger partial charge in [-0.1, -0.05) is 27.2 Å². The van der Waals surface area contributed by atoms with Gasteiger partial charge in [-0.3, -0.25) is 0 Å². The van der Waals surface area contributed by atoms with Crippen molar-refractivity contribution in [1.82, 2.24) is 15.1 Å². The molecule has 3 nitrogen and oxygen atoms in total. The summed E-state index contributed by atoms with van der Waals surface area (Å²) in [7, 11) is 2.24. The van der Waals surface area contributed by atoms with Gasteiger partial charge in [0.1, 0.15) is 0 Å². The summed E-state index contributed by atoms with van der Waals surface area (Å²) < 4.78 is 0. The highest BCUT2D eigenvalue weighted by atomic mass is 15.2. The van der Waals surface area contributed by atoms with Crippen molar-refractivity contribution in [2.24, 2.45) is 5.92 Å². The van der Waals surface area contributed by atoms with Gasteiger partial charge >= 0.3 is 0 Å². The average Bonchev–Trinajstić information content (AvgIpc) is 2.53. The molecule has 0 aromatic rings. The van der Waals surface area contributed by atoms with Crippen LogP contribution in [0.5, 0.6) is 0 Å². The first kappa shape index (κ1) is 14.9. The summed E-state index contributed by atoms with van der Waals surface area (Å²) in [6.45, 7) is 14.2. The molecule has 0 aromatic carbocycles. The second-order valence-electron chi connectivity index (χ2n) is 5.51. The summed E-state index contributed by atoms with van der Waals surface area (Å²) in [5, 5.41) is 3.66. The summed E-state index contributed by atoms with van der Waals surface area (Å²) in [6, 6.07) is 0.661. The predicted molar refractivity (Wildman–Crippen MR) is 75.5 cm³/mol. The zero-order valence-corrected chi connectivity index (χ0v) is 12.2. The van der Waals surface area contributed by atoms with Crippen molar-refractivity contribution in [3.05, 3.63) is 0 Å². The van der Waals surface area contributed by atoms with Gasteiger partial charge in [0.25, 0.3) is 0 Å². The molecule has 1 aliphatic rings. The molecule has 1 N–H and O–H groups in total. The standard InChI is InChI=1S/C14H31N3/c1-5-13(3)14(15-6-2)12-17-9-7-8-16(4)10-11-17/h13-15H,5-12H2,1-4H3. The second-order valence-corrected chi connectivity index (χ2v) is 5.51. The Kier molecular flexibility index (Phi) is 7.09. The van der Waals surface area contributed by atoms with Gasteiger partial charge in [0, 0.05) is 25.7 Å². The average molecular weight is 241 g/mol. The van der Waals surface area contributed by atoms with Gasteiger partial charge in [0.05, 0.1) is 0 Å². The topological polar surface area (TPSA) is 18.5 Å². The molecule has 0 aliphatic carbocycles. The fourth-order valence-corrected chi connectivity index (χ4v) is 2.55. The summed E-state index contributed by atoms with van der Waals surface area (Å²) in [4.78, 5) is 5.09. The van der Waals surface area contributed by atoms with Crippen LogP contribution >= 0.6 is 0 Å². The minimum atomic E-state index is 0.661. The number of rotatable bonds is 6. The highest BCUT2D eigenvalue weighted by Gasteiger charge is 2.19. The molecule has 0 aromatic heterocycles. The minimum Gasteiger partial charge on any atom is -0.313 e. The molecule has 0 amide bonds. The summed E-state index contributed by atoms with van der Waals surface area (Å²) in [5.41, 5.74) is 0. The fraction of sp³-hybridized carbons (Fsp3) is 1.00. The van der Waals surface area contributed by atoms with E-state index in [0.717, 1.165) is 12.5 Å². The monoisotopic (exact) mass is 241 g/mol. The van der Waals surface area contributed by atoms with Gasteiger partial charge in [-0.05, 0) is 39.0 Å². The van der Waals surface area contributed by atoms with E-state index in [4.69, 9.17) is 0 Å². The van der Waals surface area contributed by atoms with E-state index in [-0.39, 0.29) is 0 Å². The Bertz CT molecular complexity index is 196. The maximum absolute atomic E-state index is 3.66. The van der Waals surface area contributed by atoms with Crippen molar-refractivity contribution in [2.75, 3.05) is 46.3 Å². The van der Waals surface area contributed by atoms with Gasteiger partial charge < -0.3 is 15.1 Å². The molecule has 2 unspecified atom stereocenters. The van der Waals surface area contributed by atoms with Gasteiger partial charge in [-0.2, -0.15) is 0 Å². The van der Waals surface area contributed by atoms with Crippen LogP contribution in [0.4, 0.5) is 0 Å². The van der Waals surface area contributed by atoms with Crippen LogP contribution in [0.15, 0.2) is 0 Å². The Morgan fingerprint density at radius 2 is 1.88 bits per heavy atom. The maximum atomic E-state index is 3.66. The number of hydrogen-bond donors (Lipinski definition) is 1. The molecule has 1 heterocycles. The SMILES string of the molecule is CCNC(CN1CCCN(C)CC1)C(C)CC. The Morgan fingerprint density at radius 3 is 2.53 bits per heavy atom. The summed E-state index contributed by atoms with van der Waals surface area (Å²) >= 11 is 0. The van der Waals surface area contributed by atoms with Crippen molar-refractivity contribution in [1.29, 1.82) is 0 Å².